The van der Waals surface area contributed by atoms with Gasteiger partial charge in [-0.3, -0.25) is 0 Å². The topological polar surface area (TPSA) is 26.2 Å². The zero-order chi connectivity index (χ0) is 13.9. The number of nitrogens with one attached hydrogen (secondary N) is 1. The summed E-state index contributed by atoms with van der Waals surface area (Å²) < 4.78 is 7.46. The highest BCUT2D eigenvalue weighted by atomic mass is 16.5. The maximum Gasteiger partial charge on any atom is 0.0641 e. The van der Waals surface area contributed by atoms with Crippen LogP contribution in [0.15, 0.2) is 30.5 Å². The second kappa shape index (κ2) is 5.76. The Morgan fingerprint density at radius 1 is 1.21 bits per heavy atom. The van der Waals surface area contributed by atoms with Gasteiger partial charge in [0, 0.05) is 31.9 Å². The van der Waals surface area contributed by atoms with Gasteiger partial charge in [-0.1, -0.05) is 18.2 Å². The average molecular weight is 260 g/mol. The van der Waals surface area contributed by atoms with Crippen LogP contribution in [0, 0.1) is 0 Å². The van der Waals surface area contributed by atoms with E-state index in [0.29, 0.717) is 0 Å². The summed E-state index contributed by atoms with van der Waals surface area (Å²) in [5.41, 5.74) is 2.79. The molecule has 3 nitrogen and oxygen atoms in total. The first-order valence-corrected chi connectivity index (χ1v) is 6.82. The zero-order valence-corrected chi connectivity index (χ0v) is 12.4. The predicted molar refractivity (Wildman–Crippen MR) is 80.4 cm³/mol. The molecule has 0 amide bonds. The Kier molecular flexibility index (Phi) is 4.27. The van der Waals surface area contributed by atoms with E-state index in [0.717, 1.165) is 19.7 Å². The monoisotopic (exact) mass is 260 g/mol. The van der Waals surface area contributed by atoms with E-state index in [9.17, 15) is 0 Å². The van der Waals surface area contributed by atoms with Gasteiger partial charge in [0.05, 0.1) is 12.1 Å². The minimum absolute atomic E-state index is 0.131. The van der Waals surface area contributed by atoms with Crippen LogP contribution in [0.25, 0.3) is 10.9 Å². The van der Waals surface area contributed by atoms with Crippen molar-refractivity contribution in [3.8, 4) is 0 Å². The lowest BCUT2D eigenvalue weighted by atomic mass is 10.1. The van der Waals surface area contributed by atoms with Crippen molar-refractivity contribution in [2.45, 2.75) is 39.4 Å². The van der Waals surface area contributed by atoms with Crippen molar-refractivity contribution in [1.82, 2.24) is 9.88 Å². The van der Waals surface area contributed by atoms with Gasteiger partial charge in [0.25, 0.3) is 0 Å². The highest BCUT2D eigenvalue weighted by Gasteiger charge is 2.11. The van der Waals surface area contributed by atoms with Crippen LogP contribution in [0.2, 0.25) is 0 Å². The lowest BCUT2D eigenvalue weighted by molar-refractivity contribution is 0.188. The standard InChI is InChI=1S/C16H24N2O/c1-16(2,3)17-12-14-7-5-6-13-8-9-18(15(13)14)10-11-19-4/h5-9,17H,10-12H2,1-4H3. The van der Waals surface area contributed by atoms with Crippen molar-refractivity contribution < 1.29 is 4.74 Å². The first-order valence-electron chi connectivity index (χ1n) is 6.82. The van der Waals surface area contributed by atoms with E-state index in [-0.39, 0.29) is 5.54 Å². The highest BCUT2D eigenvalue weighted by molar-refractivity contribution is 5.83. The predicted octanol–water partition coefficient (Wildman–Crippen LogP) is 3.18. The fraction of sp³-hybridized carbons (Fsp3) is 0.500. The number of hydrogen-bond donors (Lipinski definition) is 1. The van der Waals surface area contributed by atoms with Crippen LogP contribution in [0.5, 0.6) is 0 Å². The molecule has 0 aliphatic heterocycles. The molecule has 0 saturated heterocycles. The van der Waals surface area contributed by atoms with Crippen LogP contribution in [-0.2, 0) is 17.8 Å². The number of ether oxygens (including phenoxy) is 1. The van der Waals surface area contributed by atoms with Gasteiger partial charge in [-0.2, -0.15) is 0 Å². The Balaban J connectivity index is 2.29. The molecule has 0 fully saturated rings. The number of hydrogen-bond acceptors (Lipinski definition) is 2. The maximum atomic E-state index is 5.18. The van der Waals surface area contributed by atoms with Crippen LogP contribution >= 0.6 is 0 Å². The quantitative estimate of drug-likeness (QED) is 0.893. The molecular formula is C16H24N2O. The molecule has 1 aromatic heterocycles. The van der Waals surface area contributed by atoms with Gasteiger partial charge in [0.1, 0.15) is 0 Å². The van der Waals surface area contributed by atoms with Gasteiger partial charge in [0.2, 0.25) is 0 Å². The Hall–Kier alpha value is -1.32. The lowest BCUT2D eigenvalue weighted by Gasteiger charge is -2.21. The van der Waals surface area contributed by atoms with E-state index in [1.807, 2.05) is 0 Å². The molecule has 1 heterocycles. The number of nitrogens with zero attached hydrogens (tertiary/aromatic N) is 1. The highest BCUT2D eigenvalue weighted by Crippen LogP contribution is 2.21. The molecule has 0 spiro atoms. The van der Waals surface area contributed by atoms with Crippen LogP contribution < -0.4 is 5.32 Å². The molecule has 19 heavy (non-hydrogen) atoms. The molecule has 1 N–H and O–H groups in total. The summed E-state index contributed by atoms with van der Waals surface area (Å²) in [4.78, 5) is 0. The molecule has 0 aliphatic rings. The van der Waals surface area contributed by atoms with Gasteiger partial charge in [-0.05, 0) is 37.8 Å². The van der Waals surface area contributed by atoms with E-state index in [2.05, 4.69) is 61.1 Å². The maximum absolute atomic E-state index is 5.18. The molecule has 0 saturated carbocycles. The van der Waals surface area contributed by atoms with Crippen molar-refractivity contribution in [3.63, 3.8) is 0 Å². The summed E-state index contributed by atoms with van der Waals surface area (Å²) in [6.07, 6.45) is 2.14. The van der Waals surface area contributed by atoms with Crippen LogP contribution in [0.1, 0.15) is 26.3 Å². The van der Waals surface area contributed by atoms with Gasteiger partial charge >= 0.3 is 0 Å². The smallest absolute Gasteiger partial charge is 0.0641 e. The Labute approximate surface area is 115 Å². The molecule has 0 radical (unpaired) electrons. The van der Waals surface area contributed by atoms with Gasteiger partial charge in [0.15, 0.2) is 0 Å². The first kappa shape index (κ1) is 14.1. The largest absolute Gasteiger partial charge is 0.383 e. The van der Waals surface area contributed by atoms with Crippen molar-refractivity contribution >= 4 is 10.9 Å². The lowest BCUT2D eigenvalue weighted by Crippen LogP contribution is -2.35. The van der Waals surface area contributed by atoms with Gasteiger partial charge < -0.3 is 14.6 Å². The Morgan fingerprint density at radius 2 is 2.00 bits per heavy atom. The van der Waals surface area contributed by atoms with Crippen molar-refractivity contribution in [2.75, 3.05) is 13.7 Å². The third kappa shape index (κ3) is 3.58. The fourth-order valence-corrected chi connectivity index (χ4v) is 2.22. The summed E-state index contributed by atoms with van der Waals surface area (Å²) in [6.45, 7) is 9.10. The third-order valence-electron chi connectivity index (χ3n) is 3.22. The zero-order valence-electron chi connectivity index (χ0n) is 12.4. The van der Waals surface area contributed by atoms with Crippen molar-refractivity contribution in [3.05, 3.63) is 36.0 Å². The molecule has 0 aliphatic carbocycles. The summed E-state index contributed by atoms with van der Waals surface area (Å²) in [6, 6.07) is 8.66. The molecule has 2 aromatic rings. The minimum atomic E-state index is 0.131. The van der Waals surface area contributed by atoms with E-state index < -0.39 is 0 Å². The second-order valence-corrected chi connectivity index (χ2v) is 5.96. The molecule has 0 bridgehead atoms. The van der Waals surface area contributed by atoms with E-state index in [4.69, 9.17) is 4.74 Å². The molecular weight excluding hydrogens is 236 g/mol. The molecule has 0 atom stereocenters. The number of fused-ring (bicyclic) bond motifs is 1. The second-order valence-electron chi connectivity index (χ2n) is 5.96. The Morgan fingerprint density at radius 3 is 2.68 bits per heavy atom. The van der Waals surface area contributed by atoms with Crippen molar-refractivity contribution in [2.24, 2.45) is 0 Å². The minimum Gasteiger partial charge on any atom is -0.383 e. The van der Waals surface area contributed by atoms with Crippen LogP contribution in [0.4, 0.5) is 0 Å². The SMILES string of the molecule is COCCn1ccc2cccc(CNC(C)(C)C)c21. The van der Waals surface area contributed by atoms with Gasteiger partial charge in [-0.25, -0.2) is 0 Å². The molecule has 104 valence electrons. The van der Waals surface area contributed by atoms with E-state index in [1.54, 1.807) is 7.11 Å². The molecule has 2 rings (SSSR count). The fourth-order valence-electron chi connectivity index (χ4n) is 2.22. The number of para-hydroxylation sites is 1. The third-order valence-corrected chi connectivity index (χ3v) is 3.22. The first-order chi connectivity index (χ1) is 9.01. The van der Waals surface area contributed by atoms with Gasteiger partial charge in [-0.15, -0.1) is 0 Å². The Bertz CT molecular complexity index is 537. The number of rotatable bonds is 5. The number of benzene rings is 1. The normalized spacial score (nSPS) is 12.2. The number of methoxy groups -OCH3 is 1. The number of aromatic nitrogens is 1. The van der Waals surface area contributed by atoms with E-state index >= 15 is 0 Å². The van der Waals surface area contributed by atoms with Crippen LogP contribution in [0.3, 0.4) is 0 Å². The summed E-state index contributed by atoms with van der Waals surface area (Å²) >= 11 is 0. The molecule has 3 heteroatoms. The van der Waals surface area contributed by atoms with E-state index in [1.165, 1.54) is 16.5 Å². The molecule has 0 unspecified atom stereocenters. The van der Waals surface area contributed by atoms with Crippen LogP contribution in [-0.4, -0.2) is 23.8 Å². The summed E-state index contributed by atoms with van der Waals surface area (Å²) in [5, 5.41) is 4.85. The average Bonchev–Trinajstić information content (AvgIpc) is 2.76. The van der Waals surface area contributed by atoms with Crippen molar-refractivity contribution in [1.29, 1.82) is 0 Å². The summed E-state index contributed by atoms with van der Waals surface area (Å²) in [5.74, 6) is 0. The molecule has 1 aromatic carbocycles. The summed E-state index contributed by atoms with van der Waals surface area (Å²) in [7, 11) is 1.74.